The van der Waals surface area contributed by atoms with Crippen LogP contribution < -0.4 is 11.5 Å². The molecule has 148 valence electrons. The molecule has 4 rings (SSSR count). The molecule has 2 aliphatic heterocycles. The highest BCUT2D eigenvalue weighted by atomic mass is 32.2. The van der Waals surface area contributed by atoms with Crippen molar-refractivity contribution in [2.45, 2.75) is 23.8 Å². The van der Waals surface area contributed by atoms with Crippen LogP contribution in [-0.2, 0) is 6.42 Å². The minimum absolute atomic E-state index is 0.117. The van der Waals surface area contributed by atoms with Gasteiger partial charge < -0.3 is 16.6 Å². The predicted octanol–water partition coefficient (Wildman–Crippen LogP) is 2.85. The van der Waals surface area contributed by atoms with Crippen LogP contribution in [0.4, 0.5) is 0 Å². The number of aliphatic imine (C=N–C) groups is 2. The van der Waals surface area contributed by atoms with Crippen molar-refractivity contribution in [1.29, 1.82) is 0 Å². The third-order valence-electron chi connectivity index (χ3n) is 4.25. The number of hydrogen-bond acceptors (Lipinski definition) is 9. The van der Waals surface area contributed by atoms with Gasteiger partial charge in [0.15, 0.2) is 10.3 Å². The van der Waals surface area contributed by atoms with Crippen LogP contribution in [0.3, 0.4) is 0 Å². The fourth-order valence-electron chi connectivity index (χ4n) is 2.80. The maximum atomic E-state index is 9.11. The second-order valence-electron chi connectivity index (χ2n) is 6.37. The zero-order valence-corrected chi connectivity index (χ0v) is 17.7. The molecule has 0 saturated heterocycles. The Morgan fingerprint density at radius 2 is 1.64 bits per heavy atom. The second-order valence-corrected chi connectivity index (χ2v) is 9.01. The van der Waals surface area contributed by atoms with Crippen molar-refractivity contribution in [1.82, 2.24) is 4.98 Å². The van der Waals surface area contributed by atoms with E-state index in [1.165, 1.54) is 5.56 Å². The van der Waals surface area contributed by atoms with E-state index in [0.29, 0.717) is 22.1 Å². The van der Waals surface area contributed by atoms with Gasteiger partial charge in [-0.2, -0.15) is 12.6 Å². The first kappa shape index (κ1) is 20.9. The highest BCUT2D eigenvalue weighted by Gasteiger charge is 2.24. The average Bonchev–Trinajstić information content (AvgIpc) is 3.32. The van der Waals surface area contributed by atoms with Crippen molar-refractivity contribution in [2.24, 2.45) is 21.5 Å². The molecule has 3 heterocycles. The summed E-state index contributed by atoms with van der Waals surface area (Å²) in [5, 5.41) is 10.6. The first-order valence-electron chi connectivity index (χ1n) is 8.79. The Morgan fingerprint density at radius 1 is 1.00 bits per heavy atom. The van der Waals surface area contributed by atoms with Crippen LogP contribution >= 0.6 is 36.2 Å². The van der Waals surface area contributed by atoms with Crippen LogP contribution in [0.15, 0.2) is 58.8 Å². The quantitative estimate of drug-likeness (QED) is 0.552. The molecule has 2 aliphatic rings. The highest BCUT2D eigenvalue weighted by Crippen LogP contribution is 2.31. The van der Waals surface area contributed by atoms with E-state index in [-0.39, 0.29) is 11.3 Å². The lowest BCUT2D eigenvalue weighted by atomic mass is 10.1. The molecule has 0 amide bonds. The molecule has 1 aromatic heterocycles. The number of aromatic hydroxyl groups is 1. The molecule has 9 heteroatoms. The summed E-state index contributed by atoms with van der Waals surface area (Å²) in [5.74, 6) is 2.19. The number of pyridine rings is 1. The summed E-state index contributed by atoms with van der Waals surface area (Å²) in [5.41, 5.74) is 13.5. The third kappa shape index (κ3) is 6.08. The lowest BCUT2D eigenvalue weighted by Gasteiger charge is -2.14. The van der Waals surface area contributed by atoms with Crippen molar-refractivity contribution in [2.75, 3.05) is 11.5 Å². The first-order chi connectivity index (χ1) is 13.5. The lowest BCUT2D eigenvalue weighted by Crippen LogP contribution is -2.12. The van der Waals surface area contributed by atoms with Gasteiger partial charge in [0.25, 0.3) is 0 Å². The molecule has 2 aromatic rings. The molecular weight excluding hydrogens is 410 g/mol. The largest absolute Gasteiger partial charge is 0.508 e. The fourth-order valence-corrected chi connectivity index (χ4v) is 4.88. The van der Waals surface area contributed by atoms with E-state index >= 15 is 0 Å². The fraction of sp³-hybridized carbons (Fsp3) is 0.316. The Hall–Kier alpha value is -1.84. The van der Waals surface area contributed by atoms with Crippen LogP contribution in [0.1, 0.15) is 16.4 Å². The number of aromatic nitrogens is 1. The van der Waals surface area contributed by atoms with Gasteiger partial charge in [-0.3, -0.25) is 15.0 Å². The summed E-state index contributed by atoms with van der Waals surface area (Å²) < 4.78 is 0. The van der Waals surface area contributed by atoms with E-state index < -0.39 is 0 Å². The Morgan fingerprint density at radius 3 is 2.21 bits per heavy atom. The van der Waals surface area contributed by atoms with Gasteiger partial charge in [-0.1, -0.05) is 35.7 Å². The molecule has 28 heavy (non-hydrogen) atoms. The second kappa shape index (κ2) is 10.1. The summed E-state index contributed by atoms with van der Waals surface area (Å²) in [4.78, 5) is 12.6. The molecule has 0 saturated carbocycles. The van der Waals surface area contributed by atoms with Gasteiger partial charge in [-0.25, -0.2) is 0 Å². The molecule has 0 aliphatic carbocycles. The van der Waals surface area contributed by atoms with Crippen molar-refractivity contribution < 1.29 is 5.11 Å². The van der Waals surface area contributed by atoms with Crippen LogP contribution in [-0.4, -0.2) is 44.0 Å². The van der Waals surface area contributed by atoms with Gasteiger partial charge in [0.2, 0.25) is 0 Å². The molecule has 0 radical (unpaired) electrons. The number of rotatable bonds is 4. The topological polar surface area (TPSA) is 110 Å². The molecule has 3 unspecified atom stereocenters. The normalized spacial score (nSPS) is 22.0. The van der Waals surface area contributed by atoms with Crippen molar-refractivity contribution in [3.8, 4) is 5.75 Å². The number of phenols is 1. The van der Waals surface area contributed by atoms with Gasteiger partial charge >= 0.3 is 0 Å². The standard InChI is InChI=1S/C10H12N2OS.C9H11N3S2/c11-10-12-8(6-14-10)5-7-1-3-9(13)4-2-7;10-9-12-7(5-14-9)8(13)6-1-3-11-4-2-6/h1-4,8,13H,5-6H2,(H2,11,12);1-4,7-8,13H,5H2,(H2,10,12). The van der Waals surface area contributed by atoms with Gasteiger partial charge in [0.1, 0.15) is 5.75 Å². The number of thioether (sulfide) groups is 2. The number of nitrogens with zero attached hydrogens (tertiary/aromatic N) is 3. The molecule has 0 bridgehead atoms. The summed E-state index contributed by atoms with van der Waals surface area (Å²) in [6.45, 7) is 0. The number of phenolic OH excluding ortho intramolecular Hbond substituents is 1. The molecule has 0 spiro atoms. The van der Waals surface area contributed by atoms with Crippen LogP contribution in [0.5, 0.6) is 5.75 Å². The summed E-state index contributed by atoms with van der Waals surface area (Å²) in [6, 6.07) is 11.7. The van der Waals surface area contributed by atoms with Gasteiger partial charge in [-0.15, -0.1) is 0 Å². The summed E-state index contributed by atoms with van der Waals surface area (Å²) in [6.07, 6.45) is 4.44. The highest BCUT2D eigenvalue weighted by molar-refractivity contribution is 8.14. The molecule has 1 aromatic carbocycles. The van der Waals surface area contributed by atoms with Gasteiger partial charge in [0.05, 0.1) is 17.3 Å². The maximum Gasteiger partial charge on any atom is 0.154 e. The van der Waals surface area contributed by atoms with Crippen LogP contribution in [0.2, 0.25) is 0 Å². The Kier molecular flexibility index (Phi) is 7.52. The molecule has 0 fully saturated rings. The zero-order valence-electron chi connectivity index (χ0n) is 15.2. The minimum Gasteiger partial charge on any atom is -0.508 e. The number of amidine groups is 2. The number of benzene rings is 1. The summed E-state index contributed by atoms with van der Waals surface area (Å²) in [7, 11) is 0. The first-order valence-corrected chi connectivity index (χ1v) is 11.3. The van der Waals surface area contributed by atoms with E-state index in [2.05, 4.69) is 27.6 Å². The van der Waals surface area contributed by atoms with E-state index in [9.17, 15) is 0 Å². The Labute approximate surface area is 178 Å². The van der Waals surface area contributed by atoms with E-state index in [1.807, 2.05) is 24.3 Å². The monoisotopic (exact) mass is 433 g/mol. The van der Waals surface area contributed by atoms with Gasteiger partial charge in [-0.05, 0) is 41.8 Å². The molecule has 5 N–H and O–H groups in total. The van der Waals surface area contributed by atoms with Crippen LogP contribution in [0.25, 0.3) is 0 Å². The van der Waals surface area contributed by atoms with Crippen molar-refractivity contribution >= 4 is 46.5 Å². The zero-order chi connectivity index (χ0) is 19.9. The maximum absolute atomic E-state index is 9.11. The molecular formula is C19H23N5OS3. The molecule has 3 atom stereocenters. The molecule has 6 nitrogen and oxygen atoms in total. The smallest absolute Gasteiger partial charge is 0.154 e. The predicted molar refractivity (Wildman–Crippen MR) is 124 cm³/mol. The Balaban J connectivity index is 0.000000161. The Bertz CT molecular complexity index is 829. The number of thiol groups is 1. The van der Waals surface area contributed by atoms with Crippen molar-refractivity contribution in [3.05, 3.63) is 59.9 Å². The number of hydrogen-bond donors (Lipinski definition) is 4. The van der Waals surface area contributed by atoms with E-state index in [1.54, 1.807) is 48.1 Å². The average molecular weight is 434 g/mol. The van der Waals surface area contributed by atoms with E-state index in [4.69, 9.17) is 16.6 Å². The summed E-state index contributed by atoms with van der Waals surface area (Å²) >= 11 is 7.75. The minimum atomic E-state index is 0.117. The van der Waals surface area contributed by atoms with E-state index in [0.717, 1.165) is 23.5 Å². The SMILES string of the molecule is NC1=NC(C(S)c2ccncc2)CS1.NC1=NC(Cc2ccc(O)cc2)CS1. The number of nitrogens with two attached hydrogens (primary N) is 2. The van der Waals surface area contributed by atoms with Gasteiger partial charge in [0, 0.05) is 23.9 Å². The van der Waals surface area contributed by atoms with Crippen LogP contribution in [0, 0.1) is 0 Å². The lowest BCUT2D eigenvalue weighted by molar-refractivity contribution is 0.475. The van der Waals surface area contributed by atoms with Crippen molar-refractivity contribution in [3.63, 3.8) is 0 Å². The third-order valence-corrected chi connectivity index (χ3v) is 6.75.